The second-order valence-electron chi connectivity index (χ2n) is 4.17. The number of rotatable bonds is 5. The summed E-state index contributed by atoms with van der Waals surface area (Å²) >= 11 is 9.51. The number of anilines is 1. The van der Waals surface area contributed by atoms with E-state index in [9.17, 15) is 0 Å². The number of nitrogens with one attached hydrogen (secondary N) is 1. The number of halogens is 2. The van der Waals surface area contributed by atoms with Crippen molar-refractivity contribution in [2.45, 2.75) is 26.4 Å². The zero-order valence-electron chi connectivity index (χ0n) is 10.3. The van der Waals surface area contributed by atoms with Gasteiger partial charge in [0.1, 0.15) is 0 Å². The lowest BCUT2D eigenvalue weighted by molar-refractivity contribution is 0.654. The third-order valence-corrected chi connectivity index (χ3v) is 3.70. The summed E-state index contributed by atoms with van der Waals surface area (Å²) in [6, 6.07) is 9.98. The molecule has 0 amide bonds. The molecule has 4 heteroatoms. The van der Waals surface area contributed by atoms with Crippen LogP contribution in [0.3, 0.4) is 0 Å². The lowest BCUT2D eigenvalue weighted by Crippen LogP contribution is -2.07. The van der Waals surface area contributed by atoms with Crippen molar-refractivity contribution in [1.29, 1.82) is 0 Å². The van der Waals surface area contributed by atoms with Crippen molar-refractivity contribution in [3.63, 3.8) is 0 Å². The second-order valence-corrected chi connectivity index (χ2v) is 5.46. The number of aromatic nitrogens is 1. The summed E-state index contributed by atoms with van der Waals surface area (Å²) in [6.07, 6.45) is 3.26. The van der Waals surface area contributed by atoms with Gasteiger partial charge in [0, 0.05) is 27.9 Å². The van der Waals surface area contributed by atoms with Crippen LogP contribution in [-0.4, -0.2) is 4.57 Å². The Labute approximate surface area is 121 Å². The zero-order valence-corrected chi connectivity index (χ0v) is 12.6. The average molecular weight is 328 g/mol. The molecule has 1 heterocycles. The molecule has 0 saturated carbocycles. The second kappa shape index (κ2) is 6.30. The highest BCUT2D eigenvalue weighted by Crippen LogP contribution is 2.26. The Morgan fingerprint density at radius 3 is 2.94 bits per heavy atom. The van der Waals surface area contributed by atoms with Gasteiger partial charge in [-0.1, -0.05) is 18.5 Å². The fourth-order valence-corrected chi connectivity index (χ4v) is 2.45. The first-order valence-corrected chi connectivity index (χ1v) is 7.20. The molecule has 1 N–H and O–H groups in total. The van der Waals surface area contributed by atoms with Gasteiger partial charge in [-0.3, -0.25) is 0 Å². The highest BCUT2D eigenvalue weighted by atomic mass is 79.9. The Balaban J connectivity index is 2.06. The van der Waals surface area contributed by atoms with Crippen molar-refractivity contribution >= 4 is 33.2 Å². The van der Waals surface area contributed by atoms with Gasteiger partial charge in [-0.15, -0.1) is 0 Å². The van der Waals surface area contributed by atoms with Crippen LogP contribution in [0, 0.1) is 0 Å². The largest absolute Gasteiger partial charge is 0.379 e. The first-order valence-electron chi connectivity index (χ1n) is 6.03. The van der Waals surface area contributed by atoms with Crippen molar-refractivity contribution in [1.82, 2.24) is 4.57 Å². The van der Waals surface area contributed by atoms with E-state index < -0.39 is 0 Å². The molecule has 0 aliphatic heterocycles. The maximum Gasteiger partial charge on any atom is 0.0553 e. The molecule has 0 atom stereocenters. The maximum atomic E-state index is 5.99. The molecule has 2 rings (SSSR count). The van der Waals surface area contributed by atoms with Gasteiger partial charge in [-0.25, -0.2) is 0 Å². The Morgan fingerprint density at radius 1 is 1.33 bits per heavy atom. The molecule has 0 unspecified atom stereocenters. The van der Waals surface area contributed by atoms with Crippen LogP contribution in [0.25, 0.3) is 0 Å². The summed E-state index contributed by atoms with van der Waals surface area (Å²) in [6.45, 7) is 4.04. The Hall–Kier alpha value is -0.930. The number of nitrogens with zero attached hydrogens (tertiary/aromatic N) is 1. The van der Waals surface area contributed by atoms with E-state index >= 15 is 0 Å². The molecule has 0 bridgehead atoms. The standard InChI is InChI=1S/C14H16BrClN2/c1-2-7-18-8-3-4-12(18)10-17-14-9-11(16)5-6-13(14)15/h3-6,8-9,17H,2,7,10H2,1H3. The van der Waals surface area contributed by atoms with Gasteiger partial charge >= 0.3 is 0 Å². The predicted octanol–water partition coefficient (Wildman–Crippen LogP) is 4.93. The summed E-state index contributed by atoms with van der Waals surface area (Å²) in [5.74, 6) is 0. The van der Waals surface area contributed by atoms with Crippen LogP contribution in [0.15, 0.2) is 41.0 Å². The SMILES string of the molecule is CCCn1cccc1CNc1cc(Cl)ccc1Br. The topological polar surface area (TPSA) is 17.0 Å². The molecule has 0 aliphatic rings. The van der Waals surface area contributed by atoms with E-state index in [4.69, 9.17) is 11.6 Å². The molecule has 0 spiro atoms. The van der Waals surface area contributed by atoms with Crippen LogP contribution in [0.1, 0.15) is 19.0 Å². The summed E-state index contributed by atoms with van der Waals surface area (Å²) < 4.78 is 3.30. The lowest BCUT2D eigenvalue weighted by Gasteiger charge is -2.11. The molecule has 0 radical (unpaired) electrons. The van der Waals surface area contributed by atoms with Crippen molar-refractivity contribution in [2.75, 3.05) is 5.32 Å². The van der Waals surface area contributed by atoms with E-state index in [1.165, 1.54) is 5.69 Å². The van der Waals surface area contributed by atoms with Crippen LogP contribution in [0.4, 0.5) is 5.69 Å². The van der Waals surface area contributed by atoms with E-state index in [1.807, 2.05) is 18.2 Å². The van der Waals surface area contributed by atoms with Crippen molar-refractivity contribution in [3.05, 3.63) is 51.7 Å². The maximum absolute atomic E-state index is 5.99. The Kier molecular flexibility index (Phi) is 4.72. The van der Waals surface area contributed by atoms with Crippen molar-refractivity contribution in [2.24, 2.45) is 0 Å². The van der Waals surface area contributed by atoms with E-state index in [2.05, 4.69) is 51.1 Å². The van der Waals surface area contributed by atoms with Crippen LogP contribution in [-0.2, 0) is 13.1 Å². The number of hydrogen-bond donors (Lipinski definition) is 1. The van der Waals surface area contributed by atoms with Gasteiger partial charge < -0.3 is 9.88 Å². The molecular weight excluding hydrogens is 312 g/mol. The minimum absolute atomic E-state index is 0.740. The van der Waals surface area contributed by atoms with Gasteiger partial charge in [0.25, 0.3) is 0 Å². The fourth-order valence-electron chi connectivity index (χ4n) is 1.89. The van der Waals surface area contributed by atoms with Gasteiger partial charge in [-0.05, 0) is 52.7 Å². The molecule has 0 fully saturated rings. The van der Waals surface area contributed by atoms with Crippen molar-refractivity contribution in [3.8, 4) is 0 Å². The average Bonchev–Trinajstić information content (AvgIpc) is 2.78. The van der Waals surface area contributed by atoms with E-state index in [0.29, 0.717) is 0 Å². The molecule has 18 heavy (non-hydrogen) atoms. The van der Waals surface area contributed by atoms with Gasteiger partial charge in [-0.2, -0.15) is 0 Å². The molecule has 0 aliphatic carbocycles. The Morgan fingerprint density at radius 2 is 2.17 bits per heavy atom. The normalized spacial score (nSPS) is 10.6. The van der Waals surface area contributed by atoms with Gasteiger partial charge in [0.2, 0.25) is 0 Å². The van der Waals surface area contributed by atoms with E-state index in [1.54, 1.807) is 0 Å². The zero-order chi connectivity index (χ0) is 13.0. The fraction of sp³-hybridized carbons (Fsp3) is 0.286. The number of aryl methyl sites for hydroxylation is 1. The minimum Gasteiger partial charge on any atom is -0.379 e. The van der Waals surface area contributed by atoms with Gasteiger partial charge in [0.15, 0.2) is 0 Å². The van der Waals surface area contributed by atoms with E-state index in [0.717, 1.165) is 34.7 Å². The number of hydrogen-bond acceptors (Lipinski definition) is 1. The smallest absolute Gasteiger partial charge is 0.0553 e. The van der Waals surface area contributed by atoms with Crippen LogP contribution >= 0.6 is 27.5 Å². The van der Waals surface area contributed by atoms with Crippen LogP contribution in [0.5, 0.6) is 0 Å². The molecule has 2 aromatic rings. The first-order chi connectivity index (χ1) is 8.70. The molecule has 96 valence electrons. The van der Waals surface area contributed by atoms with Gasteiger partial charge in [0.05, 0.1) is 12.2 Å². The molecule has 1 aromatic carbocycles. The molecular formula is C14H16BrClN2. The summed E-state index contributed by atoms with van der Waals surface area (Å²) in [4.78, 5) is 0. The number of benzene rings is 1. The molecule has 2 nitrogen and oxygen atoms in total. The summed E-state index contributed by atoms with van der Waals surface area (Å²) in [5.41, 5.74) is 2.30. The van der Waals surface area contributed by atoms with E-state index in [-0.39, 0.29) is 0 Å². The monoisotopic (exact) mass is 326 g/mol. The third-order valence-electron chi connectivity index (χ3n) is 2.78. The Bertz CT molecular complexity index is 522. The third kappa shape index (κ3) is 3.30. The van der Waals surface area contributed by atoms with Crippen molar-refractivity contribution < 1.29 is 0 Å². The minimum atomic E-state index is 0.740. The van der Waals surface area contributed by atoms with Crippen LogP contribution < -0.4 is 5.32 Å². The molecule has 1 aromatic heterocycles. The summed E-state index contributed by atoms with van der Waals surface area (Å²) in [5, 5.41) is 4.14. The molecule has 0 saturated heterocycles. The van der Waals surface area contributed by atoms with Crippen LogP contribution in [0.2, 0.25) is 5.02 Å². The quantitative estimate of drug-likeness (QED) is 0.824. The lowest BCUT2D eigenvalue weighted by atomic mass is 10.3. The first kappa shape index (κ1) is 13.5. The highest BCUT2D eigenvalue weighted by Gasteiger charge is 2.03. The highest BCUT2D eigenvalue weighted by molar-refractivity contribution is 9.10. The summed E-state index contributed by atoms with van der Waals surface area (Å²) in [7, 11) is 0. The predicted molar refractivity (Wildman–Crippen MR) is 81.2 cm³/mol.